The highest BCUT2D eigenvalue weighted by Gasteiger charge is 2.23. The van der Waals surface area contributed by atoms with E-state index in [2.05, 4.69) is 5.32 Å². The second-order valence-corrected chi connectivity index (χ2v) is 5.20. The van der Waals surface area contributed by atoms with Gasteiger partial charge in [-0.25, -0.2) is 0 Å². The molecule has 1 saturated heterocycles. The lowest BCUT2D eigenvalue weighted by atomic mass is 10.2. The Bertz CT molecular complexity index is 208. The molecule has 0 spiro atoms. The molecule has 1 amide bonds. The van der Waals surface area contributed by atoms with Gasteiger partial charge in [-0.1, -0.05) is 0 Å². The Morgan fingerprint density at radius 2 is 2.42 bits per heavy atom. The summed E-state index contributed by atoms with van der Waals surface area (Å²) in [5, 5.41) is 2.24. The molecule has 1 aliphatic rings. The molecule has 1 N–H and O–H groups in total. The van der Waals surface area contributed by atoms with Gasteiger partial charge in [-0.3, -0.25) is 9.00 Å². The first-order valence-corrected chi connectivity index (χ1v) is 5.81. The molecule has 1 rings (SSSR count). The van der Waals surface area contributed by atoms with Crippen LogP contribution in [0.25, 0.3) is 0 Å². The van der Waals surface area contributed by atoms with E-state index in [1.54, 1.807) is 6.92 Å². The van der Waals surface area contributed by atoms with Crippen LogP contribution in [0.2, 0.25) is 0 Å². The van der Waals surface area contributed by atoms with Crippen LogP contribution in [0.1, 0.15) is 13.3 Å². The second kappa shape index (κ2) is 4.23. The van der Waals surface area contributed by atoms with Crippen molar-refractivity contribution in [3.63, 3.8) is 0 Å². The minimum absolute atomic E-state index is 0.0690. The van der Waals surface area contributed by atoms with Crippen LogP contribution in [0.3, 0.4) is 0 Å². The molecule has 3 unspecified atom stereocenters. The Morgan fingerprint density at radius 3 is 2.83 bits per heavy atom. The highest BCUT2D eigenvalue weighted by Crippen LogP contribution is 2.08. The smallest absolute Gasteiger partial charge is 0.238 e. The number of hydrogen-bond donors (Lipinski definition) is 1. The molecule has 0 bridgehead atoms. The third-order valence-corrected chi connectivity index (χ3v) is 3.45. The first-order valence-electron chi connectivity index (χ1n) is 3.89. The molecular weight excluding hydrogens is 198 g/mol. The van der Waals surface area contributed by atoms with Crippen molar-refractivity contribution in [2.24, 2.45) is 0 Å². The van der Waals surface area contributed by atoms with Gasteiger partial charge >= 0.3 is 0 Å². The molecule has 1 fully saturated rings. The number of alkyl halides is 1. The van der Waals surface area contributed by atoms with Gasteiger partial charge in [0.25, 0.3) is 0 Å². The van der Waals surface area contributed by atoms with Crippen LogP contribution in [-0.4, -0.2) is 33.0 Å². The van der Waals surface area contributed by atoms with Gasteiger partial charge in [0.15, 0.2) is 0 Å². The fourth-order valence-electron chi connectivity index (χ4n) is 1.09. The average molecular weight is 210 g/mol. The minimum Gasteiger partial charge on any atom is -0.351 e. The molecule has 5 heteroatoms. The summed E-state index contributed by atoms with van der Waals surface area (Å²) < 4.78 is 10.9. The molecular formula is C7H12ClNO2S. The van der Waals surface area contributed by atoms with Gasteiger partial charge in [0.05, 0.1) is 0 Å². The quantitative estimate of drug-likeness (QED) is 0.663. The van der Waals surface area contributed by atoms with Crippen molar-refractivity contribution in [3.05, 3.63) is 0 Å². The normalized spacial score (nSPS) is 31.5. The van der Waals surface area contributed by atoms with Crippen LogP contribution in [0, 0.1) is 0 Å². The summed E-state index contributed by atoms with van der Waals surface area (Å²) in [6.07, 6.45) is 0.808. The zero-order chi connectivity index (χ0) is 9.14. The number of carbonyl (C=O) groups is 1. The van der Waals surface area contributed by atoms with Gasteiger partial charge in [0.2, 0.25) is 5.91 Å². The molecule has 12 heavy (non-hydrogen) atoms. The number of amides is 1. The molecule has 0 aromatic carbocycles. The standard InChI is InChI=1S/C7H12ClNO2S/c1-5(8)7(10)9-6-2-3-12(11)4-6/h5-6H,2-4H2,1H3,(H,9,10). The van der Waals surface area contributed by atoms with E-state index in [0.29, 0.717) is 11.5 Å². The summed E-state index contributed by atoms with van der Waals surface area (Å²) in [4.78, 5) is 11.1. The summed E-state index contributed by atoms with van der Waals surface area (Å²) in [7, 11) is -0.740. The third-order valence-electron chi connectivity index (χ3n) is 1.79. The number of nitrogens with one attached hydrogen (secondary N) is 1. The first kappa shape index (κ1) is 9.99. The Kier molecular flexibility index (Phi) is 3.53. The maximum atomic E-state index is 11.1. The lowest BCUT2D eigenvalue weighted by molar-refractivity contribution is -0.121. The molecule has 0 aromatic rings. The maximum absolute atomic E-state index is 11.1. The lowest BCUT2D eigenvalue weighted by Crippen LogP contribution is -2.38. The van der Waals surface area contributed by atoms with Crippen molar-refractivity contribution in [3.8, 4) is 0 Å². The Hall–Kier alpha value is -0.0900. The van der Waals surface area contributed by atoms with Crippen LogP contribution in [0.15, 0.2) is 0 Å². The van der Waals surface area contributed by atoms with E-state index in [0.717, 1.165) is 6.42 Å². The molecule has 0 radical (unpaired) electrons. The molecule has 0 saturated carbocycles. The van der Waals surface area contributed by atoms with E-state index in [9.17, 15) is 9.00 Å². The Labute approximate surface area is 79.3 Å². The van der Waals surface area contributed by atoms with Gasteiger partial charge in [-0.05, 0) is 13.3 Å². The van der Waals surface area contributed by atoms with Crippen LogP contribution >= 0.6 is 11.6 Å². The van der Waals surface area contributed by atoms with Crippen molar-refractivity contribution in [2.45, 2.75) is 24.8 Å². The minimum atomic E-state index is -0.740. The molecule has 1 aliphatic heterocycles. The average Bonchev–Trinajstić information content (AvgIpc) is 2.35. The number of rotatable bonds is 2. The summed E-state index contributed by atoms with van der Waals surface area (Å²) in [5.41, 5.74) is 0. The van der Waals surface area contributed by atoms with E-state index < -0.39 is 16.2 Å². The molecule has 0 aliphatic carbocycles. The number of hydrogen-bond acceptors (Lipinski definition) is 2. The second-order valence-electron chi connectivity index (χ2n) is 2.92. The summed E-state index contributed by atoms with van der Waals surface area (Å²) in [6, 6.07) is 0.0690. The predicted octanol–water partition coefficient (Wildman–Crippen LogP) is 0.251. The third kappa shape index (κ3) is 2.75. The van der Waals surface area contributed by atoms with Crippen molar-refractivity contribution < 1.29 is 9.00 Å². The topological polar surface area (TPSA) is 46.2 Å². The van der Waals surface area contributed by atoms with Crippen molar-refractivity contribution in [2.75, 3.05) is 11.5 Å². The highest BCUT2D eigenvalue weighted by atomic mass is 35.5. The van der Waals surface area contributed by atoms with Crippen LogP contribution in [0.4, 0.5) is 0 Å². The molecule has 3 nitrogen and oxygen atoms in total. The summed E-state index contributed by atoms with van der Waals surface area (Å²) in [5.74, 6) is 1.11. The molecule has 3 atom stereocenters. The molecule has 0 aromatic heterocycles. The van der Waals surface area contributed by atoms with Gasteiger partial charge in [-0.15, -0.1) is 11.6 Å². The van der Waals surface area contributed by atoms with E-state index >= 15 is 0 Å². The Balaban J connectivity index is 2.32. The van der Waals surface area contributed by atoms with E-state index in [4.69, 9.17) is 11.6 Å². The van der Waals surface area contributed by atoms with Gasteiger partial charge in [0.1, 0.15) is 5.38 Å². The number of halogens is 1. The van der Waals surface area contributed by atoms with E-state index in [1.165, 1.54) is 0 Å². The van der Waals surface area contributed by atoms with Crippen LogP contribution in [-0.2, 0) is 15.6 Å². The highest BCUT2D eigenvalue weighted by molar-refractivity contribution is 7.85. The summed E-state index contributed by atoms with van der Waals surface area (Å²) >= 11 is 5.56. The first-order chi connectivity index (χ1) is 5.59. The lowest BCUT2D eigenvalue weighted by Gasteiger charge is -2.11. The zero-order valence-electron chi connectivity index (χ0n) is 6.88. The summed E-state index contributed by atoms with van der Waals surface area (Å²) in [6.45, 7) is 1.63. The Morgan fingerprint density at radius 1 is 1.75 bits per heavy atom. The monoisotopic (exact) mass is 209 g/mol. The fourth-order valence-corrected chi connectivity index (χ4v) is 2.57. The largest absolute Gasteiger partial charge is 0.351 e. The van der Waals surface area contributed by atoms with Gasteiger partial charge in [0, 0.05) is 28.3 Å². The number of carbonyl (C=O) groups excluding carboxylic acids is 1. The van der Waals surface area contributed by atoms with Crippen molar-refractivity contribution in [1.29, 1.82) is 0 Å². The molecule has 70 valence electrons. The van der Waals surface area contributed by atoms with E-state index in [-0.39, 0.29) is 11.9 Å². The molecule has 1 heterocycles. The maximum Gasteiger partial charge on any atom is 0.238 e. The van der Waals surface area contributed by atoms with Crippen LogP contribution < -0.4 is 5.32 Å². The van der Waals surface area contributed by atoms with Gasteiger partial charge in [-0.2, -0.15) is 0 Å². The fraction of sp³-hybridized carbons (Fsp3) is 0.857. The van der Waals surface area contributed by atoms with E-state index in [1.807, 2.05) is 0 Å². The van der Waals surface area contributed by atoms with Crippen molar-refractivity contribution >= 4 is 28.3 Å². The zero-order valence-corrected chi connectivity index (χ0v) is 8.45. The van der Waals surface area contributed by atoms with Crippen LogP contribution in [0.5, 0.6) is 0 Å². The SMILES string of the molecule is CC(Cl)C(=O)NC1CCS(=O)C1. The van der Waals surface area contributed by atoms with Gasteiger partial charge < -0.3 is 5.32 Å². The predicted molar refractivity (Wildman–Crippen MR) is 49.7 cm³/mol. The van der Waals surface area contributed by atoms with Crippen molar-refractivity contribution in [1.82, 2.24) is 5.32 Å².